The summed E-state index contributed by atoms with van der Waals surface area (Å²) in [5.74, 6) is 0.621. The Morgan fingerprint density at radius 2 is 2.04 bits per heavy atom. The van der Waals surface area contributed by atoms with Crippen molar-refractivity contribution in [3.8, 4) is 5.75 Å². The maximum atomic E-state index is 11.9. The third kappa shape index (κ3) is 4.37. The predicted molar refractivity (Wildman–Crippen MR) is 112 cm³/mol. The summed E-state index contributed by atoms with van der Waals surface area (Å²) in [6.45, 7) is 3.83. The number of hydrogen-bond acceptors (Lipinski definition) is 4. The van der Waals surface area contributed by atoms with Crippen molar-refractivity contribution in [2.75, 3.05) is 31.6 Å². The van der Waals surface area contributed by atoms with Gasteiger partial charge in [0.15, 0.2) is 6.29 Å². The highest BCUT2D eigenvalue weighted by molar-refractivity contribution is 6.33. The monoisotopic (exact) mass is 400 g/mol. The molecule has 1 aliphatic rings. The fraction of sp³-hybridized carbons (Fsp3) is 0.364. The minimum atomic E-state index is 0.180. The van der Waals surface area contributed by atoms with Gasteiger partial charge in [-0.25, -0.2) is 0 Å². The van der Waals surface area contributed by atoms with Crippen LogP contribution in [0.1, 0.15) is 39.9 Å². The molecule has 3 rings (SSSR count). The van der Waals surface area contributed by atoms with Crippen LogP contribution in [0, 0.1) is 6.92 Å². The number of likely N-dealkylation sites (N-methyl/N-ethyl adjacent to an activating group) is 1. The Morgan fingerprint density at radius 1 is 1.29 bits per heavy atom. The van der Waals surface area contributed by atoms with Gasteiger partial charge >= 0.3 is 0 Å². The maximum Gasteiger partial charge on any atom is 0.227 e. The lowest BCUT2D eigenvalue weighted by Gasteiger charge is -2.17. The number of nitrogens with one attached hydrogen (secondary N) is 1. The van der Waals surface area contributed by atoms with Gasteiger partial charge < -0.3 is 15.0 Å². The third-order valence-electron chi connectivity index (χ3n) is 5.04. The second-order valence-corrected chi connectivity index (χ2v) is 7.33. The summed E-state index contributed by atoms with van der Waals surface area (Å²) in [6.07, 6.45) is 2.97. The van der Waals surface area contributed by atoms with Crippen molar-refractivity contribution < 1.29 is 14.3 Å². The molecule has 28 heavy (non-hydrogen) atoms. The number of nitrogens with zero attached hydrogens (tertiary/aromatic N) is 1. The number of anilines is 1. The zero-order chi connectivity index (χ0) is 20.1. The Balaban J connectivity index is 1.81. The lowest BCUT2D eigenvalue weighted by molar-refractivity contribution is -0.117. The normalized spacial score (nSPS) is 13.8. The van der Waals surface area contributed by atoms with Crippen LogP contribution < -0.4 is 15.0 Å². The maximum absolute atomic E-state index is 11.9. The number of ether oxygens (including phenoxy) is 1. The Hall–Kier alpha value is -2.37. The van der Waals surface area contributed by atoms with E-state index in [1.807, 2.05) is 49.2 Å². The zero-order valence-corrected chi connectivity index (χ0v) is 17.0. The molecule has 0 atom stereocenters. The van der Waals surface area contributed by atoms with Crippen molar-refractivity contribution in [3.05, 3.63) is 57.6 Å². The van der Waals surface area contributed by atoms with Crippen LogP contribution >= 0.6 is 11.6 Å². The van der Waals surface area contributed by atoms with Crippen LogP contribution in [-0.4, -0.2) is 38.9 Å². The topological polar surface area (TPSA) is 58.6 Å². The Morgan fingerprint density at radius 3 is 2.64 bits per heavy atom. The minimum Gasteiger partial charge on any atom is -0.490 e. The molecule has 2 aromatic carbocycles. The highest BCUT2D eigenvalue weighted by atomic mass is 35.5. The number of halogens is 1. The Labute approximate surface area is 170 Å². The first-order valence-corrected chi connectivity index (χ1v) is 9.86. The molecule has 0 bridgehead atoms. The number of aldehydes is 1. The van der Waals surface area contributed by atoms with E-state index in [4.69, 9.17) is 16.3 Å². The summed E-state index contributed by atoms with van der Waals surface area (Å²) in [5.41, 5.74) is 4.38. The van der Waals surface area contributed by atoms with E-state index in [1.165, 1.54) is 0 Å². The number of carbonyl (C=O) groups is 2. The average molecular weight is 401 g/mol. The molecule has 0 radical (unpaired) electrons. The number of benzene rings is 2. The van der Waals surface area contributed by atoms with E-state index in [0.717, 1.165) is 41.6 Å². The van der Waals surface area contributed by atoms with Gasteiger partial charge in [-0.05, 0) is 61.7 Å². The lowest BCUT2D eigenvalue weighted by atomic mass is 9.97. The van der Waals surface area contributed by atoms with Crippen molar-refractivity contribution in [1.29, 1.82) is 0 Å². The van der Waals surface area contributed by atoms with Crippen LogP contribution in [0.4, 0.5) is 5.69 Å². The molecular weight excluding hydrogens is 376 g/mol. The summed E-state index contributed by atoms with van der Waals surface area (Å²) in [7, 11) is 1.84. The first-order chi connectivity index (χ1) is 13.5. The number of carbonyl (C=O) groups excluding carboxylic acids is 2. The number of rotatable bonds is 8. The van der Waals surface area contributed by atoms with Crippen molar-refractivity contribution in [2.45, 2.75) is 26.2 Å². The van der Waals surface area contributed by atoms with Crippen LogP contribution in [0.25, 0.3) is 0 Å². The molecule has 1 heterocycles. The molecule has 2 aromatic rings. The van der Waals surface area contributed by atoms with Crippen LogP contribution in [-0.2, 0) is 11.2 Å². The van der Waals surface area contributed by atoms with Gasteiger partial charge in [-0.2, -0.15) is 0 Å². The van der Waals surface area contributed by atoms with Crippen molar-refractivity contribution in [2.24, 2.45) is 0 Å². The van der Waals surface area contributed by atoms with E-state index in [1.54, 1.807) is 0 Å². The fourth-order valence-electron chi connectivity index (χ4n) is 3.41. The van der Waals surface area contributed by atoms with Crippen molar-refractivity contribution >= 4 is 29.5 Å². The molecule has 1 amide bonds. The molecule has 0 unspecified atom stereocenters. The molecule has 1 aliphatic heterocycles. The van der Waals surface area contributed by atoms with Crippen molar-refractivity contribution in [3.63, 3.8) is 0 Å². The second kappa shape index (κ2) is 9.22. The van der Waals surface area contributed by atoms with Crippen LogP contribution in [0.5, 0.6) is 5.75 Å². The van der Waals surface area contributed by atoms with Gasteiger partial charge in [0.1, 0.15) is 12.4 Å². The fourth-order valence-corrected chi connectivity index (χ4v) is 3.69. The molecule has 0 saturated carbocycles. The highest BCUT2D eigenvalue weighted by Gasteiger charge is 2.21. The summed E-state index contributed by atoms with van der Waals surface area (Å²) >= 11 is 6.51. The lowest BCUT2D eigenvalue weighted by Crippen LogP contribution is -2.23. The highest BCUT2D eigenvalue weighted by Crippen LogP contribution is 2.35. The molecule has 0 aromatic heterocycles. The van der Waals surface area contributed by atoms with E-state index in [0.29, 0.717) is 42.3 Å². The molecule has 0 aliphatic carbocycles. The molecule has 1 saturated heterocycles. The largest absolute Gasteiger partial charge is 0.490 e. The first kappa shape index (κ1) is 20.4. The summed E-state index contributed by atoms with van der Waals surface area (Å²) in [6, 6.07) is 9.84. The van der Waals surface area contributed by atoms with Crippen LogP contribution in [0.15, 0.2) is 30.3 Å². The SMILES string of the molecule is CNCCOc1c(C=O)cc(Cc2ccc(N3CCCC3=O)cc2)c(C)c1Cl. The van der Waals surface area contributed by atoms with Gasteiger partial charge in [0.25, 0.3) is 0 Å². The van der Waals surface area contributed by atoms with Gasteiger partial charge in [0, 0.05) is 25.2 Å². The number of hydrogen-bond donors (Lipinski definition) is 1. The van der Waals surface area contributed by atoms with E-state index >= 15 is 0 Å². The van der Waals surface area contributed by atoms with Gasteiger partial charge in [-0.3, -0.25) is 9.59 Å². The second-order valence-electron chi connectivity index (χ2n) is 6.96. The molecule has 148 valence electrons. The van der Waals surface area contributed by atoms with Crippen LogP contribution in [0.2, 0.25) is 5.02 Å². The van der Waals surface area contributed by atoms with Crippen LogP contribution in [0.3, 0.4) is 0 Å². The average Bonchev–Trinajstić information content (AvgIpc) is 3.13. The van der Waals surface area contributed by atoms with Crippen molar-refractivity contribution in [1.82, 2.24) is 5.32 Å². The van der Waals surface area contributed by atoms with E-state index in [2.05, 4.69) is 5.32 Å². The molecule has 0 spiro atoms. The van der Waals surface area contributed by atoms with Gasteiger partial charge in [0.2, 0.25) is 5.91 Å². The van der Waals surface area contributed by atoms with Gasteiger partial charge in [-0.1, -0.05) is 23.7 Å². The van der Waals surface area contributed by atoms with E-state index in [-0.39, 0.29) is 5.91 Å². The molecule has 1 N–H and O–H groups in total. The molecule has 5 nitrogen and oxygen atoms in total. The summed E-state index contributed by atoms with van der Waals surface area (Å²) in [4.78, 5) is 25.3. The van der Waals surface area contributed by atoms with Gasteiger partial charge in [0.05, 0.1) is 10.6 Å². The standard InChI is InChI=1S/C22H25ClN2O3/c1-15-17(13-18(14-26)22(21(15)23)28-11-9-24-2)12-16-5-7-19(8-6-16)25-10-3-4-20(25)27/h5-8,13-14,24H,3-4,9-12H2,1-2H3. The molecule has 1 fully saturated rings. The molecular formula is C22H25ClN2O3. The quantitative estimate of drug-likeness (QED) is 0.541. The Bertz CT molecular complexity index is 865. The Kier molecular flexibility index (Phi) is 6.70. The first-order valence-electron chi connectivity index (χ1n) is 9.49. The molecule has 6 heteroatoms. The third-order valence-corrected chi connectivity index (χ3v) is 5.50. The van der Waals surface area contributed by atoms with E-state index < -0.39 is 0 Å². The smallest absolute Gasteiger partial charge is 0.227 e. The zero-order valence-electron chi connectivity index (χ0n) is 16.3. The van der Waals surface area contributed by atoms with Gasteiger partial charge in [-0.15, -0.1) is 0 Å². The predicted octanol–water partition coefficient (Wildman–Crippen LogP) is 3.78. The summed E-state index contributed by atoms with van der Waals surface area (Å²) in [5, 5.41) is 3.48. The van der Waals surface area contributed by atoms with E-state index in [9.17, 15) is 9.59 Å². The summed E-state index contributed by atoms with van der Waals surface area (Å²) < 4.78 is 5.70. The number of amides is 1. The minimum absolute atomic E-state index is 0.180.